The number of anilines is 1. The molecule has 0 spiro atoms. The highest BCUT2D eigenvalue weighted by molar-refractivity contribution is 7.99. The van der Waals surface area contributed by atoms with E-state index in [0.29, 0.717) is 53.1 Å². The van der Waals surface area contributed by atoms with Gasteiger partial charge in [-0.15, -0.1) is 11.8 Å². The molecule has 0 unspecified atom stereocenters. The predicted molar refractivity (Wildman–Crippen MR) is 149 cm³/mol. The van der Waals surface area contributed by atoms with Crippen LogP contribution in [0.3, 0.4) is 0 Å². The maximum atomic E-state index is 13.7. The zero-order valence-corrected chi connectivity index (χ0v) is 23.2. The maximum Gasteiger partial charge on any atom is 0.294 e. The summed E-state index contributed by atoms with van der Waals surface area (Å²) in [5.41, 5.74) is 3.89. The van der Waals surface area contributed by atoms with Crippen molar-refractivity contribution in [2.24, 2.45) is 5.92 Å². The zero-order chi connectivity index (χ0) is 26.8. The molecule has 0 atom stereocenters. The molecule has 0 bridgehead atoms. The zero-order valence-electron chi connectivity index (χ0n) is 22.4. The van der Waals surface area contributed by atoms with Gasteiger partial charge < -0.3 is 10.1 Å². The minimum atomic E-state index is -0.230. The van der Waals surface area contributed by atoms with Crippen LogP contribution in [0.5, 0.6) is 5.88 Å². The first kappa shape index (κ1) is 26.0. The Kier molecular flexibility index (Phi) is 7.55. The number of nitrogens with one attached hydrogen (secondary N) is 1. The van der Waals surface area contributed by atoms with Crippen LogP contribution in [0, 0.1) is 12.8 Å². The molecule has 1 N–H and O–H groups in total. The molecular weight excluding hydrogens is 500 g/mol. The van der Waals surface area contributed by atoms with E-state index < -0.39 is 0 Å². The molecule has 0 amide bonds. The fraction of sp³-hybridized carbons (Fsp3) is 0.444. The largest absolute Gasteiger partial charge is 0.480 e. The molecule has 198 valence electrons. The first-order chi connectivity index (χ1) is 18.4. The van der Waals surface area contributed by atoms with Gasteiger partial charge in [-0.25, -0.2) is 24.9 Å². The molecule has 0 radical (unpaired) electrons. The molecule has 0 aliphatic heterocycles. The van der Waals surface area contributed by atoms with E-state index >= 15 is 0 Å². The number of aryl methyl sites for hydroxylation is 1. The van der Waals surface area contributed by atoms with Gasteiger partial charge in [0, 0.05) is 23.6 Å². The van der Waals surface area contributed by atoms with Crippen LogP contribution in [0.15, 0.2) is 34.3 Å². The van der Waals surface area contributed by atoms with Crippen molar-refractivity contribution in [3.8, 4) is 17.3 Å². The van der Waals surface area contributed by atoms with E-state index in [0.717, 1.165) is 34.9 Å². The van der Waals surface area contributed by atoms with Crippen LogP contribution in [0.1, 0.15) is 56.6 Å². The van der Waals surface area contributed by atoms with Crippen molar-refractivity contribution in [1.29, 1.82) is 0 Å². The number of aromatic nitrogens is 7. The molecule has 4 aromatic heterocycles. The smallest absolute Gasteiger partial charge is 0.294 e. The first-order valence-corrected chi connectivity index (χ1v) is 13.9. The third-order valence-corrected chi connectivity index (χ3v) is 7.15. The molecule has 1 aliphatic rings. The number of thioether (sulfide) groups is 1. The quantitative estimate of drug-likeness (QED) is 0.290. The van der Waals surface area contributed by atoms with Gasteiger partial charge in [-0.1, -0.05) is 20.8 Å². The van der Waals surface area contributed by atoms with E-state index in [1.807, 2.05) is 25.3 Å². The highest BCUT2D eigenvalue weighted by Gasteiger charge is 2.32. The van der Waals surface area contributed by atoms with Gasteiger partial charge >= 0.3 is 0 Å². The summed E-state index contributed by atoms with van der Waals surface area (Å²) in [4.78, 5) is 42.5. The Hall–Kier alpha value is -3.60. The van der Waals surface area contributed by atoms with E-state index in [1.165, 1.54) is 6.33 Å². The Morgan fingerprint density at radius 3 is 2.63 bits per heavy atom. The van der Waals surface area contributed by atoms with Gasteiger partial charge in [0.2, 0.25) is 5.88 Å². The second-order valence-corrected chi connectivity index (χ2v) is 11.1. The molecule has 4 heterocycles. The number of nitrogens with zero attached hydrogens (tertiary/aromatic N) is 7. The average molecular weight is 533 g/mol. The number of pyridine rings is 1. The van der Waals surface area contributed by atoms with Gasteiger partial charge in [0.15, 0.2) is 17.3 Å². The minimum Gasteiger partial charge on any atom is -0.480 e. The molecule has 11 heteroatoms. The second kappa shape index (κ2) is 11.0. The normalized spacial score (nSPS) is 13.3. The topological polar surface area (TPSA) is 121 Å². The number of hydrogen-bond acceptors (Lipinski definition) is 10. The Bertz CT molecular complexity index is 1520. The third kappa shape index (κ3) is 5.33. The van der Waals surface area contributed by atoms with Crippen molar-refractivity contribution >= 4 is 28.7 Å². The van der Waals surface area contributed by atoms with Crippen molar-refractivity contribution in [2.75, 3.05) is 18.2 Å². The molecule has 10 nitrogen and oxygen atoms in total. The summed E-state index contributed by atoms with van der Waals surface area (Å²) in [5, 5.41) is 3.20. The summed E-state index contributed by atoms with van der Waals surface area (Å²) < 4.78 is 7.26. The van der Waals surface area contributed by atoms with Crippen molar-refractivity contribution in [3.63, 3.8) is 0 Å². The van der Waals surface area contributed by atoms with Crippen LogP contribution in [-0.2, 0) is 13.1 Å². The van der Waals surface area contributed by atoms with Crippen LogP contribution >= 0.6 is 11.8 Å². The summed E-state index contributed by atoms with van der Waals surface area (Å²) >= 11 is 1.74. The second-order valence-electron chi connectivity index (χ2n) is 9.76. The molecule has 1 saturated carbocycles. The molecule has 38 heavy (non-hydrogen) atoms. The lowest BCUT2D eigenvalue weighted by atomic mass is 10.1. The van der Waals surface area contributed by atoms with E-state index in [1.54, 1.807) is 23.4 Å². The van der Waals surface area contributed by atoms with Crippen LogP contribution in [0.25, 0.3) is 22.6 Å². The van der Waals surface area contributed by atoms with Gasteiger partial charge in [0.1, 0.15) is 17.4 Å². The van der Waals surface area contributed by atoms with Crippen LogP contribution in [0.2, 0.25) is 0 Å². The Labute approximate surface area is 225 Å². The highest BCUT2D eigenvalue weighted by atomic mass is 32.2. The van der Waals surface area contributed by atoms with Crippen LogP contribution in [0.4, 0.5) is 5.82 Å². The maximum absolute atomic E-state index is 13.7. The van der Waals surface area contributed by atoms with Crippen molar-refractivity contribution in [2.45, 2.75) is 64.4 Å². The van der Waals surface area contributed by atoms with E-state index in [4.69, 9.17) is 14.7 Å². The van der Waals surface area contributed by atoms with Gasteiger partial charge in [0.25, 0.3) is 5.56 Å². The molecule has 0 saturated heterocycles. The molecule has 0 aromatic carbocycles. The number of rotatable bonds is 10. The Balaban J connectivity index is 1.58. The van der Waals surface area contributed by atoms with Crippen molar-refractivity contribution < 1.29 is 4.74 Å². The lowest BCUT2D eigenvalue weighted by Crippen LogP contribution is -2.28. The minimum absolute atomic E-state index is 0.215. The highest BCUT2D eigenvalue weighted by Crippen LogP contribution is 2.45. The predicted octanol–water partition coefficient (Wildman–Crippen LogP) is 4.61. The molecule has 1 fully saturated rings. The molecule has 1 aliphatic carbocycles. The van der Waals surface area contributed by atoms with Crippen molar-refractivity contribution in [3.05, 3.63) is 52.1 Å². The van der Waals surface area contributed by atoms with Gasteiger partial charge in [-0.05, 0) is 43.6 Å². The summed E-state index contributed by atoms with van der Waals surface area (Å²) in [6, 6.07) is 4.01. The SMILES string of the molecule is CCSc1ccc(CNc2nc3c(C)nc(-c4c(OC)ncnc4C4CC4)nc3n(CC(C)C)c2=O)nc1. The Morgan fingerprint density at radius 2 is 1.97 bits per heavy atom. The fourth-order valence-corrected chi connectivity index (χ4v) is 5.00. The number of fused-ring (bicyclic) bond motifs is 1. The summed E-state index contributed by atoms with van der Waals surface area (Å²) in [6.07, 6.45) is 5.49. The van der Waals surface area contributed by atoms with Crippen LogP contribution in [-0.4, -0.2) is 47.3 Å². The lowest BCUT2D eigenvalue weighted by Gasteiger charge is -2.17. The van der Waals surface area contributed by atoms with E-state index in [2.05, 4.69) is 46.0 Å². The summed E-state index contributed by atoms with van der Waals surface area (Å²) in [7, 11) is 1.58. The molecule has 4 aromatic rings. The lowest BCUT2D eigenvalue weighted by molar-refractivity contribution is 0.397. The monoisotopic (exact) mass is 532 g/mol. The third-order valence-electron chi connectivity index (χ3n) is 6.28. The van der Waals surface area contributed by atoms with Gasteiger partial charge in [-0.3, -0.25) is 14.3 Å². The summed E-state index contributed by atoms with van der Waals surface area (Å²) in [6.45, 7) is 9.00. The van der Waals surface area contributed by atoms with E-state index in [-0.39, 0.29) is 17.3 Å². The average Bonchev–Trinajstić information content (AvgIpc) is 3.75. The van der Waals surface area contributed by atoms with Crippen LogP contribution < -0.4 is 15.6 Å². The van der Waals surface area contributed by atoms with Gasteiger partial charge in [0.05, 0.1) is 30.7 Å². The molecule has 5 rings (SSSR count). The number of hydrogen-bond donors (Lipinski definition) is 1. The number of methoxy groups -OCH3 is 1. The summed E-state index contributed by atoms with van der Waals surface area (Å²) in [5.74, 6) is 2.68. The standard InChI is InChI=1S/C27H32N8O2S/c1-6-38-19-10-9-18(28-12-19)11-29-24-27(36)35(13-15(2)3)25-21(33-24)16(4)32-23(34-25)20-22(17-7-8-17)30-14-31-26(20)37-5/h9-10,12,14-15,17H,6-8,11,13H2,1-5H3,(H,29,33). The van der Waals surface area contributed by atoms with Gasteiger partial charge in [-0.2, -0.15) is 0 Å². The van der Waals surface area contributed by atoms with Crippen molar-refractivity contribution in [1.82, 2.24) is 34.5 Å². The van der Waals surface area contributed by atoms with E-state index in [9.17, 15) is 4.79 Å². The number of ether oxygens (including phenoxy) is 1. The first-order valence-electron chi connectivity index (χ1n) is 12.9. The fourth-order valence-electron chi connectivity index (χ4n) is 4.37. The molecular formula is C27H32N8O2S. The Morgan fingerprint density at radius 1 is 1.16 bits per heavy atom.